The standard InChI is InChI=1S/C46H63NO9/c1-26(2)27(3)39-40(56-39)45(54)13-7-8-29-18-32-33(20-37(52)43(25-48)22-35(51)34(50)21-41(32,43)4)46(55)15-10-36(45)44(29,46)14-9-28-16-30(19-31(49)17-28)47-24-42(23-38(47)53)11-5-6-12-42/h7-8,16-17,19-20,26-27,29,32,34-36,39-40,48-51,54-55H,5-6,9-15,18,21-25H2,1-4H3. The summed E-state index contributed by atoms with van der Waals surface area (Å²) in [5.74, 6) is -0.569. The Labute approximate surface area is 331 Å². The van der Waals surface area contributed by atoms with E-state index in [2.05, 4.69) is 32.9 Å². The van der Waals surface area contributed by atoms with Gasteiger partial charge in [-0.15, -0.1) is 0 Å². The zero-order chi connectivity index (χ0) is 39.8. The molecule has 56 heavy (non-hydrogen) atoms. The van der Waals surface area contributed by atoms with Gasteiger partial charge in [-0.3, -0.25) is 9.59 Å². The maximum atomic E-state index is 14.5. The van der Waals surface area contributed by atoms with Crippen LogP contribution in [0.1, 0.15) is 110 Å². The van der Waals surface area contributed by atoms with E-state index in [1.807, 2.05) is 17.9 Å². The number of phenolic OH excluding ortho intramolecular Hbond substituents is 1. The van der Waals surface area contributed by atoms with E-state index in [4.69, 9.17) is 4.74 Å². The Morgan fingerprint density at radius 2 is 1.73 bits per heavy atom. The maximum absolute atomic E-state index is 14.5. The first-order chi connectivity index (χ1) is 26.5. The topological polar surface area (TPSA) is 171 Å². The molecule has 2 saturated heterocycles. The predicted molar refractivity (Wildman–Crippen MR) is 209 cm³/mol. The van der Waals surface area contributed by atoms with E-state index in [0.29, 0.717) is 68.7 Å². The fourth-order valence-corrected chi connectivity index (χ4v) is 14.4. The molecule has 0 aromatic heterocycles. The minimum atomic E-state index is -1.51. The van der Waals surface area contributed by atoms with Crippen molar-refractivity contribution in [3.05, 3.63) is 47.6 Å². The molecule has 8 aliphatic rings. The molecule has 10 heteroatoms. The number of allylic oxidation sites excluding steroid dienone is 2. The summed E-state index contributed by atoms with van der Waals surface area (Å²) in [6.07, 6.45) is 10.7. The van der Waals surface area contributed by atoms with E-state index in [1.165, 1.54) is 0 Å². The summed E-state index contributed by atoms with van der Waals surface area (Å²) >= 11 is 0. The maximum Gasteiger partial charge on any atom is 0.227 e. The molecule has 0 radical (unpaired) electrons. The van der Waals surface area contributed by atoms with E-state index in [-0.39, 0.29) is 65.5 Å². The Morgan fingerprint density at radius 3 is 2.45 bits per heavy atom. The van der Waals surface area contributed by atoms with Gasteiger partial charge in [0.25, 0.3) is 0 Å². The zero-order valence-corrected chi connectivity index (χ0v) is 33.6. The number of carbonyl (C=O) groups excluding carboxylic acids is 2. The van der Waals surface area contributed by atoms with Crippen molar-refractivity contribution in [2.45, 2.75) is 147 Å². The SMILES string of the molecule is CC(C)C(C)C1OC1C1(O)CC=CC2CC3C(=CC(=O)C4(CO)CC(O)C(O)CC34C)C3(O)CCC1C23CCc1cc(O)cc(N2CC3(CCCC3)CC2=O)c1. The number of carbonyl (C=O) groups is 2. The van der Waals surface area contributed by atoms with Crippen molar-refractivity contribution in [3.63, 3.8) is 0 Å². The van der Waals surface area contributed by atoms with Crippen LogP contribution in [0, 0.1) is 51.2 Å². The van der Waals surface area contributed by atoms with Gasteiger partial charge in [-0.1, -0.05) is 52.7 Å². The van der Waals surface area contributed by atoms with Crippen LogP contribution in [0.3, 0.4) is 0 Å². The number of amides is 1. The third-order valence-electron chi connectivity index (χ3n) is 17.8. The van der Waals surface area contributed by atoms with Crippen molar-refractivity contribution >= 4 is 17.4 Å². The van der Waals surface area contributed by atoms with Crippen LogP contribution in [-0.2, 0) is 20.7 Å². The third kappa shape index (κ3) is 5.20. The third-order valence-corrected chi connectivity index (χ3v) is 17.8. The molecule has 9 rings (SSSR count). The van der Waals surface area contributed by atoms with Gasteiger partial charge in [-0.05, 0) is 128 Å². The highest BCUT2D eigenvalue weighted by atomic mass is 16.6. The van der Waals surface area contributed by atoms with Crippen LogP contribution in [-0.4, -0.2) is 91.1 Å². The molecule has 1 spiro atoms. The number of aryl methyl sites for hydroxylation is 1. The smallest absolute Gasteiger partial charge is 0.227 e. The van der Waals surface area contributed by atoms with Gasteiger partial charge in [0.15, 0.2) is 5.78 Å². The molecule has 2 heterocycles. The van der Waals surface area contributed by atoms with Gasteiger partial charge in [-0.2, -0.15) is 0 Å². The number of ether oxygens (including phenoxy) is 1. The Hall–Kier alpha value is -2.60. The van der Waals surface area contributed by atoms with E-state index in [1.54, 1.807) is 18.2 Å². The van der Waals surface area contributed by atoms with Crippen LogP contribution in [0.4, 0.5) is 5.69 Å². The molecule has 306 valence electrons. The lowest BCUT2D eigenvalue weighted by Crippen LogP contribution is -2.69. The number of hydrogen-bond acceptors (Lipinski definition) is 9. The number of nitrogens with zero attached hydrogens (tertiary/aromatic N) is 1. The Kier molecular flexibility index (Phi) is 8.99. The number of anilines is 1. The largest absolute Gasteiger partial charge is 0.508 e. The average Bonchev–Trinajstić information content (AvgIpc) is 3.61. The minimum Gasteiger partial charge on any atom is -0.508 e. The Balaban J connectivity index is 1.14. The number of hydrogen-bond donors (Lipinski definition) is 6. The van der Waals surface area contributed by atoms with Gasteiger partial charge in [0.2, 0.25) is 5.91 Å². The van der Waals surface area contributed by atoms with E-state index < -0.39 is 52.4 Å². The second-order valence-corrected chi connectivity index (χ2v) is 20.5. The minimum absolute atomic E-state index is 0.00477. The molecular weight excluding hydrogens is 711 g/mol. The number of aliphatic hydroxyl groups is 5. The normalized spacial score (nSPS) is 45.4. The molecule has 6 fully saturated rings. The Morgan fingerprint density at radius 1 is 1.00 bits per heavy atom. The molecule has 1 aromatic rings. The van der Waals surface area contributed by atoms with Crippen molar-refractivity contribution in [3.8, 4) is 5.75 Å². The van der Waals surface area contributed by atoms with E-state index in [9.17, 15) is 40.2 Å². The summed E-state index contributed by atoms with van der Waals surface area (Å²) in [4.78, 5) is 29.8. The monoisotopic (exact) mass is 773 g/mol. The highest BCUT2D eigenvalue weighted by molar-refractivity contribution is 5.98. The van der Waals surface area contributed by atoms with Crippen LogP contribution < -0.4 is 4.90 Å². The zero-order valence-electron chi connectivity index (χ0n) is 33.6. The molecule has 0 bridgehead atoms. The molecule has 10 nitrogen and oxygen atoms in total. The highest BCUT2D eigenvalue weighted by Crippen LogP contribution is 2.75. The van der Waals surface area contributed by atoms with E-state index in [0.717, 1.165) is 31.2 Å². The molecule has 1 amide bonds. The lowest BCUT2D eigenvalue weighted by atomic mass is 9.39. The fraction of sp³-hybridized carbons (Fsp3) is 0.739. The van der Waals surface area contributed by atoms with Crippen LogP contribution in [0.5, 0.6) is 5.75 Å². The number of ketones is 1. The first-order valence-electron chi connectivity index (χ1n) is 21.6. The average molecular weight is 774 g/mol. The van der Waals surface area contributed by atoms with Gasteiger partial charge < -0.3 is 40.3 Å². The predicted octanol–water partition coefficient (Wildman–Crippen LogP) is 5.15. The van der Waals surface area contributed by atoms with E-state index >= 15 is 0 Å². The molecule has 2 aliphatic heterocycles. The van der Waals surface area contributed by atoms with Gasteiger partial charge in [0, 0.05) is 36.1 Å². The summed E-state index contributed by atoms with van der Waals surface area (Å²) in [5, 5.41) is 70.9. The fourth-order valence-electron chi connectivity index (χ4n) is 14.4. The van der Waals surface area contributed by atoms with Crippen molar-refractivity contribution < 1.29 is 45.0 Å². The summed E-state index contributed by atoms with van der Waals surface area (Å²) in [6, 6.07) is 5.43. The lowest BCUT2D eigenvalue weighted by Gasteiger charge is -2.66. The number of aromatic hydroxyl groups is 1. The number of phenols is 1. The lowest BCUT2D eigenvalue weighted by molar-refractivity contribution is -0.203. The number of benzene rings is 1. The molecule has 6 aliphatic carbocycles. The summed E-state index contributed by atoms with van der Waals surface area (Å²) < 4.78 is 6.42. The molecule has 6 N–H and O–H groups in total. The first kappa shape index (κ1) is 38.9. The second-order valence-electron chi connectivity index (χ2n) is 20.5. The summed E-state index contributed by atoms with van der Waals surface area (Å²) in [5.41, 5.74) is -3.79. The number of rotatable bonds is 8. The van der Waals surface area contributed by atoms with Gasteiger partial charge in [0.1, 0.15) is 17.5 Å². The van der Waals surface area contributed by atoms with Crippen molar-refractivity contribution in [2.75, 3.05) is 18.1 Å². The van der Waals surface area contributed by atoms with Gasteiger partial charge in [-0.25, -0.2) is 0 Å². The van der Waals surface area contributed by atoms with Crippen molar-refractivity contribution in [1.29, 1.82) is 0 Å². The van der Waals surface area contributed by atoms with Gasteiger partial charge >= 0.3 is 0 Å². The van der Waals surface area contributed by atoms with Gasteiger partial charge in [0.05, 0.1) is 35.9 Å². The van der Waals surface area contributed by atoms with Crippen molar-refractivity contribution in [2.24, 2.45) is 51.2 Å². The van der Waals surface area contributed by atoms with Crippen molar-refractivity contribution in [1.82, 2.24) is 0 Å². The Bertz CT molecular complexity index is 1850. The second kappa shape index (κ2) is 12.9. The summed E-state index contributed by atoms with van der Waals surface area (Å²) in [7, 11) is 0. The van der Waals surface area contributed by atoms with Crippen LogP contribution in [0.2, 0.25) is 0 Å². The molecule has 4 saturated carbocycles. The highest BCUT2D eigenvalue weighted by Gasteiger charge is 2.77. The molecule has 13 atom stereocenters. The number of aliphatic hydroxyl groups excluding tert-OH is 3. The first-order valence-corrected chi connectivity index (χ1v) is 21.6. The quantitative estimate of drug-likeness (QED) is 0.155. The van der Waals surface area contributed by atoms with Crippen LogP contribution in [0.15, 0.2) is 42.0 Å². The van der Waals surface area contributed by atoms with Crippen LogP contribution in [0.25, 0.3) is 0 Å². The number of fused-ring (bicyclic) bond motifs is 4. The summed E-state index contributed by atoms with van der Waals surface area (Å²) in [6.45, 7) is 8.64. The molecule has 13 unspecified atom stereocenters. The molecule has 1 aromatic carbocycles. The molecular formula is C46H63NO9. The van der Waals surface area contributed by atoms with Crippen LogP contribution >= 0.6 is 0 Å². The number of epoxide rings is 1.